The molecule has 0 radical (unpaired) electrons. The van der Waals surface area contributed by atoms with E-state index >= 15 is 0 Å². The maximum absolute atomic E-state index is 4.42. The molecular formula is C60H67N3. The first-order valence-electron chi connectivity index (χ1n) is 22.4. The van der Waals surface area contributed by atoms with Crippen LogP contribution in [0.25, 0.3) is 39.5 Å². The second-order valence-electron chi connectivity index (χ2n) is 14.3. The van der Waals surface area contributed by atoms with Crippen molar-refractivity contribution >= 4 is 39.5 Å². The molecule has 1 heterocycles. The molecule has 6 aromatic rings. The average Bonchev–Trinajstić information content (AvgIpc) is 3.95. The highest BCUT2D eigenvalue weighted by atomic mass is 15.1. The largest absolute Gasteiger partial charge is 0.378 e. The Labute approximate surface area is 379 Å². The number of para-hydroxylation sites is 1. The summed E-state index contributed by atoms with van der Waals surface area (Å²) in [6, 6.07) is 46.7. The Hall–Kier alpha value is -7.10. The fraction of sp³-hybridized carbons (Fsp3) is 0.167. The Morgan fingerprint density at radius 3 is 1.97 bits per heavy atom. The van der Waals surface area contributed by atoms with Crippen LogP contribution in [0.3, 0.4) is 0 Å². The van der Waals surface area contributed by atoms with Gasteiger partial charge in [0.2, 0.25) is 0 Å². The van der Waals surface area contributed by atoms with Gasteiger partial charge in [0.1, 0.15) is 0 Å². The minimum Gasteiger partial charge on any atom is -0.378 e. The molecule has 0 bridgehead atoms. The van der Waals surface area contributed by atoms with Crippen molar-refractivity contribution in [3.63, 3.8) is 0 Å². The Morgan fingerprint density at radius 2 is 1.33 bits per heavy atom. The highest BCUT2D eigenvalue weighted by molar-refractivity contribution is 6.03. The summed E-state index contributed by atoms with van der Waals surface area (Å²) in [6.07, 6.45) is 19.7. The van der Waals surface area contributed by atoms with Gasteiger partial charge < -0.3 is 14.8 Å². The monoisotopic (exact) mass is 830 g/mol. The predicted molar refractivity (Wildman–Crippen MR) is 281 cm³/mol. The molecule has 0 saturated carbocycles. The number of nitrogens with one attached hydrogen (secondary N) is 1. The van der Waals surface area contributed by atoms with E-state index in [1.807, 2.05) is 103 Å². The number of benzene rings is 5. The molecule has 63 heavy (non-hydrogen) atoms. The van der Waals surface area contributed by atoms with E-state index < -0.39 is 0 Å². The van der Waals surface area contributed by atoms with Crippen LogP contribution in [0.5, 0.6) is 0 Å². The third-order valence-corrected chi connectivity index (χ3v) is 10.3. The topological polar surface area (TPSA) is 20.2 Å². The Bertz CT molecular complexity index is 2590. The van der Waals surface area contributed by atoms with E-state index in [0.29, 0.717) is 0 Å². The molecule has 1 atom stereocenters. The smallest absolute Gasteiger partial charge is 0.0544 e. The van der Waals surface area contributed by atoms with Gasteiger partial charge in [0.05, 0.1) is 5.52 Å². The van der Waals surface area contributed by atoms with E-state index in [9.17, 15) is 0 Å². The quantitative estimate of drug-likeness (QED) is 0.104. The zero-order valence-corrected chi connectivity index (χ0v) is 38.9. The molecule has 0 amide bonds. The first kappa shape index (κ1) is 48.6. The molecule has 0 fully saturated rings. The van der Waals surface area contributed by atoms with Crippen LogP contribution in [-0.2, 0) is 6.42 Å². The molecule has 322 valence electrons. The highest BCUT2D eigenvalue weighted by Crippen LogP contribution is 2.40. The molecule has 5 aromatic carbocycles. The van der Waals surface area contributed by atoms with E-state index in [1.165, 1.54) is 22.2 Å². The molecule has 3 nitrogen and oxygen atoms in total. The number of fused-ring (bicyclic) bond motifs is 3. The lowest BCUT2D eigenvalue weighted by molar-refractivity contribution is 0.700. The number of nitrogens with zero attached hydrogens (tertiary/aromatic N) is 2. The fourth-order valence-corrected chi connectivity index (χ4v) is 7.27. The summed E-state index contributed by atoms with van der Waals surface area (Å²) in [5, 5.41) is 5.06. The number of rotatable bonds is 15. The van der Waals surface area contributed by atoms with Gasteiger partial charge >= 0.3 is 0 Å². The summed E-state index contributed by atoms with van der Waals surface area (Å²) in [7, 11) is 0. The Kier molecular flexibility index (Phi) is 19.3. The zero-order chi connectivity index (χ0) is 45.7. The lowest BCUT2D eigenvalue weighted by Gasteiger charge is -2.21. The van der Waals surface area contributed by atoms with Gasteiger partial charge in [-0.2, -0.15) is 0 Å². The minimum absolute atomic E-state index is 0.0130. The van der Waals surface area contributed by atoms with Crippen LogP contribution in [0.2, 0.25) is 0 Å². The Morgan fingerprint density at radius 1 is 0.714 bits per heavy atom. The van der Waals surface area contributed by atoms with Gasteiger partial charge in [-0.15, -0.1) is 0 Å². The molecule has 3 heteroatoms. The van der Waals surface area contributed by atoms with Gasteiger partial charge in [-0.1, -0.05) is 195 Å². The number of allylic oxidation sites excluding steroid dienone is 10. The number of aromatic nitrogens is 1. The van der Waals surface area contributed by atoms with Crippen molar-refractivity contribution in [1.82, 2.24) is 9.88 Å². The summed E-state index contributed by atoms with van der Waals surface area (Å²) in [4.78, 5) is 2.10. The molecular weight excluding hydrogens is 763 g/mol. The van der Waals surface area contributed by atoms with Crippen molar-refractivity contribution in [2.45, 2.75) is 67.9 Å². The Balaban J connectivity index is 0.00000139. The lowest BCUT2D eigenvalue weighted by Crippen LogP contribution is -2.17. The predicted octanol–water partition coefficient (Wildman–Crippen LogP) is 16.9. The van der Waals surface area contributed by atoms with Gasteiger partial charge in [-0.3, -0.25) is 0 Å². The lowest BCUT2D eigenvalue weighted by atomic mass is 9.96. The third-order valence-electron chi connectivity index (χ3n) is 10.3. The van der Waals surface area contributed by atoms with Crippen LogP contribution >= 0.6 is 0 Å². The van der Waals surface area contributed by atoms with Crippen molar-refractivity contribution < 1.29 is 0 Å². The summed E-state index contributed by atoms with van der Waals surface area (Å²) < 4.78 is 2.44. The van der Waals surface area contributed by atoms with Crippen LogP contribution in [0.1, 0.15) is 94.9 Å². The first-order valence-corrected chi connectivity index (χ1v) is 22.4. The molecule has 1 aliphatic carbocycles. The first-order chi connectivity index (χ1) is 30.8. The van der Waals surface area contributed by atoms with Crippen LogP contribution in [-0.4, -0.2) is 4.57 Å². The van der Waals surface area contributed by atoms with E-state index in [-0.39, 0.29) is 6.04 Å². The van der Waals surface area contributed by atoms with Crippen LogP contribution < -0.4 is 10.2 Å². The molecule has 0 saturated heterocycles. The maximum atomic E-state index is 4.42. The number of hydrogen-bond acceptors (Lipinski definition) is 2. The van der Waals surface area contributed by atoms with Crippen molar-refractivity contribution in [3.8, 4) is 5.69 Å². The maximum Gasteiger partial charge on any atom is 0.0544 e. The van der Waals surface area contributed by atoms with Crippen LogP contribution in [0, 0.1) is 0 Å². The van der Waals surface area contributed by atoms with Gasteiger partial charge in [0.25, 0.3) is 0 Å². The highest BCUT2D eigenvalue weighted by Gasteiger charge is 2.23. The summed E-state index contributed by atoms with van der Waals surface area (Å²) in [5.41, 5.74) is 15.2. The second-order valence-corrected chi connectivity index (χ2v) is 14.3. The average molecular weight is 830 g/mol. The van der Waals surface area contributed by atoms with E-state index in [4.69, 9.17) is 0 Å². The second kappa shape index (κ2) is 25.0. The van der Waals surface area contributed by atoms with Crippen molar-refractivity contribution in [1.29, 1.82) is 0 Å². The molecule has 1 N–H and O–H groups in total. The van der Waals surface area contributed by atoms with Gasteiger partial charge in [0.15, 0.2) is 0 Å². The molecule has 1 aromatic heterocycles. The molecule has 1 unspecified atom stereocenters. The normalized spacial score (nSPS) is 12.3. The van der Waals surface area contributed by atoms with E-state index in [1.54, 1.807) is 6.08 Å². The van der Waals surface area contributed by atoms with Crippen molar-refractivity contribution in [2.75, 3.05) is 4.90 Å². The van der Waals surface area contributed by atoms with Gasteiger partial charge in [0, 0.05) is 58.6 Å². The number of anilines is 1. The van der Waals surface area contributed by atoms with Crippen LogP contribution in [0.15, 0.2) is 220 Å². The van der Waals surface area contributed by atoms with Crippen LogP contribution in [0.4, 0.5) is 5.69 Å². The molecule has 1 aliphatic rings. The van der Waals surface area contributed by atoms with Crippen molar-refractivity contribution in [2.24, 2.45) is 0 Å². The number of hydrogen-bond donors (Lipinski definition) is 1. The SMILES string of the molecule is C=C/C=C\N(/C=C\C(=C/C(=C)C(=C)C)c1cccc2c1c1c(n2-c2cccc(C(C)N/C(=C\C(=C)c3ccccc3)c3ccccc3)c2)CC=C1)c1ccccc1.CC.CC.CC. The molecule has 0 aliphatic heterocycles. The zero-order valence-electron chi connectivity index (χ0n) is 38.9. The van der Waals surface area contributed by atoms with Crippen molar-refractivity contribution in [3.05, 3.63) is 253 Å². The summed E-state index contributed by atoms with van der Waals surface area (Å²) in [5.74, 6) is 0. The molecule has 7 rings (SSSR count). The summed E-state index contributed by atoms with van der Waals surface area (Å²) in [6.45, 7) is 33.1. The summed E-state index contributed by atoms with van der Waals surface area (Å²) >= 11 is 0. The standard InChI is InChI=1S/C54H49N3.3C2H6/c1-7-8-34-56(47-26-16-11-17-27-47)35-33-46(36-40(4)39(2)3)49-29-19-32-53-54(49)50-30-20-31-52(50)57(53)48-28-18-25-45(38-48)42(6)55-51(44-23-14-10-15-24-44)37-41(5)43-21-12-9-13-22-43;3*1-2/h7-30,32-38,42,55H,1-2,4-5,31H2,3,6H3;3*1-2H3/b34-8-,35-33-,46-36+,51-37-;;;. The molecule has 0 spiro atoms. The van der Waals surface area contributed by atoms with Gasteiger partial charge in [-0.25, -0.2) is 0 Å². The fourth-order valence-electron chi connectivity index (χ4n) is 7.27. The van der Waals surface area contributed by atoms with E-state index in [2.05, 4.69) is 176 Å². The minimum atomic E-state index is 0.0130. The van der Waals surface area contributed by atoms with Gasteiger partial charge in [-0.05, 0) is 107 Å². The van der Waals surface area contributed by atoms with E-state index in [0.717, 1.165) is 68.0 Å². The third kappa shape index (κ3) is 12.3.